The van der Waals surface area contributed by atoms with E-state index in [0.717, 1.165) is 0 Å². The summed E-state index contributed by atoms with van der Waals surface area (Å²) in [6.45, 7) is -1.71. The topological polar surface area (TPSA) is 98.2 Å². The quantitative estimate of drug-likeness (QED) is 0.698. The molecule has 0 aliphatic carbocycles. The SMILES string of the molecule is NCC(F)(F)CNC(=O)c1cccc(C(N)=O)c1. The molecule has 7 heteroatoms. The van der Waals surface area contributed by atoms with Crippen molar-refractivity contribution < 1.29 is 18.4 Å². The average Bonchev–Trinajstić information content (AvgIpc) is 2.36. The third kappa shape index (κ3) is 3.77. The van der Waals surface area contributed by atoms with Crippen LogP contribution in [0.15, 0.2) is 24.3 Å². The van der Waals surface area contributed by atoms with E-state index >= 15 is 0 Å². The molecule has 5 nitrogen and oxygen atoms in total. The van der Waals surface area contributed by atoms with E-state index in [2.05, 4.69) is 0 Å². The second-order valence-electron chi connectivity index (χ2n) is 3.69. The molecule has 0 aromatic heterocycles. The highest BCUT2D eigenvalue weighted by molar-refractivity contribution is 5.99. The Kier molecular flexibility index (Phi) is 4.33. The van der Waals surface area contributed by atoms with E-state index in [4.69, 9.17) is 11.5 Å². The van der Waals surface area contributed by atoms with Crippen LogP contribution in [0, 0.1) is 0 Å². The van der Waals surface area contributed by atoms with Crippen molar-refractivity contribution in [3.63, 3.8) is 0 Å². The van der Waals surface area contributed by atoms with E-state index in [-0.39, 0.29) is 11.1 Å². The van der Waals surface area contributed by atoms with Crippen molar-refractivity contribution >= 4 is 11.8 Å². The number of primary amides is 1. The molecule has 0 aliphatic rings. The Morgan fingerprint density at radius 3 is 2.44 bits per heavy atom. The van der Waals surface area contributed by atoms with E-state index in [1.54, 1.807) is 0 Å². The summed E-state index contributed by atoms with van der Waals surface area (Å²) < 4.78 is 25.6. The maximum Gasteiger partial charge on any atom is 0.277 e. The zero-order valence-electron chi connectivity index (χ0n) is 9.45. The molecule has 5 N–H and O–H groups in total. The van der Waals surface area contributed by atoms with Gasteiger partial charge in [-0.3, -0.25) is 9.59 Å². The van der Waals surface area contributed by atoms with Gasteiger partial charge in [-0.25, -0.2) is 8.78 Å². The molecule has 0 radical (unpaired) electrons. The summed E-state index contributed by atoms with van der Waals surface area (Å²) in [5, 5.41) is 2.04. The maximum absolute atomic E-state index is 12.8. The van der Waals surface area contributed by atoms with Crippen LogP contribution in [0.1, 0.15) is 20.7 Å². The van der Waals surface area contributed by atoms with E-state index in [1.807, 2.05) is 5.32 Å². The van der Waals surface area contributed by atoms with Gasteiger partial charge in [0.05, 0.1) is 13.1 Å². The highest BCUT2D eigenvalue weighted by Crippen LogP contribution is 2.10. The second-order valence-corrected chi connectivity index (χ2v) is 3.69. The first-order valence-corrected chi connectivity index (χ1v) is 5.12. The number of halogens is 2. The van der Waals surface area contributed by atoms with Gasteiger partial charge in [-0.1, -0.05) is 6.07 Å². The standard InChI is InChI=1S/C11H13F2N3O2/c12-11(13,5-14)6-16-10(18)8-3-1-2-7(4-8)9(15)17/h1-4H,5-6,14H2,(H2,15,17)(H,16,18). The number of carbonyl (C=O) groups is 2. The molecule has 0 saturated heterocycles. The van der Waals surface area contributed by atoms with Crippen molar-refractivity contribution in [2.24, 2.45) is 11.5 Å². The first-order valence-electron chi connectivity index (χ1n) is 5.12. The van der Waals surface area contributed by atoms with Gasteiger partial charge in [0.15, 0.2) is 0 Å². The molecule has 2 amide bonds. The fraction of sp³-hybridized carbons (Fsp3) is 0.273. The van der Waals surface area contributed by atoms with Gasteiger partial charge < -0.3 is 16.8 Å². The monoisotopic (exact) mass is 257 g/mol. The van der Waals surface area contributed by atoms with Crippen molar-refractivity contribution in [3.05, 3.63) is 35.4 Å². The van der Waals surface area contributed by atoms with Crippen LogP contribution >= 0.6 is 0 Å². The summed E-state index contributed by atoms with van der Waals surface area (Å²) >= 11 is 0. The molecule has 0 bridgehead atoms. The van der Waals surface area contributed by atoms with Crippen LogP contribution < -0.4 is 16.8 Å². The Morgan fingerprint density at radius 1 is 1.28 bits per heavy atom. The minimum atomic E-state index is -3.16. The summed E-state index contributed by atoms with van der Waals surface area (Å²) in [5.41, 5.74) is 10.1. The van der Waals surface area contributed by atoms with Crippen molar-refractivity contribution in [3.8, 4) is 0 Å². The molecule has 1 rings (SSSR count). The third-order valence-electron chi connectivity index (χ3n) is 2.22. The normalized spacial score (nSPS) is 11.1. The van der Waals surface area contributed by atoms with E-state index in [9.17, 15) is 18.4 Å². The summed E-state index contributed by atoms with van der Waals surface area (Å²) in [6.07, 6.45) is 0. The van der Waals surface area contributed by atoms with Crippen molar-refractivity contribution in [1.82, 2.24) is 5.32 Å². The number of amides is 2. The van der Waals surface area contributed by atoms with Crippen LogP contribution in [0.25, 0.3) is 0 Å². The van der Waals surface area contributed by atoms with Gasteiger partial charge in [-0.05, 0) is 18.2 Å². The predicted octanol–water partition coefficient (Wildman–Crippen LogP) is 0.109. The number of hydrogen-bond donors (Lipinski definition) is 3. The van der Waals surface area contributed by atoms with Crippen LogP contribution in [0.2, 0.25) is 0 Å². The van der Waals surface area contributed by atoms with Gasteiger partial charge in [0.1, 0.15) is 0 Å². The van der Waals surface area contributed by atoms with E-state index in [0.29, 0.717) is 0 Å². The number of carbonyl (C=O) groups excluding carboxylic acids is 2. The Labute approximate surface area is 102 Å². The maximum atomic E-state index is 12.8. The third-order valence-corrected chi connectivity index (χ3v) is 2.22. The molecule has 18 heavy (non-hydrogen) atoms. The molecular formula is C11H13F2N3O2. The van der Waals surface area contributed by atoms with Gasteiger partial charge in [0.2, 0.25) is 5.91 Å². The fourth-order valence-electron chi connectivity index (χ4n) is 1.20. The van der Waals surface area contributed by atoms with Crippen molar-refractivity contribution in [2.45, 2.75) is 5.92 Å². The summed E-state index contributed by atoms with van der Waals surface area (Å²) in [4.78, 5) is 22.4. The Balaban J connectivity index is 2.73. The summed E-state index contributed by atoms with van der Waals surface area (Å²) in [6, 6.07) is 5.49. The van der Waals surface area contributed by atoms with Crippen LogP contribution in [0.3, 0.4) is 0 Å². The first kappa shape index (κ1) is 14.0. The van der Waals surface area contributed by atoms with E-state index < -0.39 is 30.8 Å². The molecule has 1 aromatic rings. The molecule has 1 aromatic carbocycles. The zero-order chi connectivity index (χ0) is 13.8. The van der Waals surface area contributed by atoms with Gasteiger partial charge in [0, 0.05) is 11.1 Å². The second kappa shape index (κ2) is 5.54. The fourth-order valence-corrected chi connectivity index (χ4v) is 1.20. The molecule has 0 heterocycles. The Hall–Kier alpha value is -2.02. The minimum Gasteiger partial charge on any atom is -0.366 e. The molecular weight excluding hydrogens is 244 g/mol. The predicted molar refractivity (Wildman–Crippen MR) is 61.3 cm³/mol. The lowest BCUT2D eigenvalue weighted by atomic mass is 10.1. The van der Waals surface area contributed by atoms with Crippen LogP contribution in [0.4, 0.5) is 8.78 Å². The lowest BCUT2D eigenvalue weighted by Gasteiger charge is -2.14. The van der Waals surface area contributed by atoms with Crippen molar-refractivity contribution in [1.29, 1.82) is 0 Å². The first-order chi connectivity index (χ1) is 8.35. The van der Waals surface area contributed by atoms with E-state index in [1.165, 1.54) is 24.3 Å². The van der Waals surface area contributed by atoms with Gasteiger partial charge in [0.25, 0.3) is 11.8 Å². The van der Waals surface area contributed by atoms with Crippen molar-refractivity contribution in [2.75, 3.05) is 13.1 Å². The summed E-state index contributed by atoms with van der Waals surface area (Å²) in [5.74, 6) is -4.57. The smallest absolute Gasteiger partial charge is 0.277 e. The number of nitrogens with two attached hydrogens (primary N) is 2. The molecule has 98 valence electrons. The molecule has 0 unspecified atom stereocenters. The van der Waals surface area contributed by atoms with Gasteiger partial charge in [-0.2, -0.15) is 0 Å². The number of rotatable bonds is 5. The molecule has 0 spiro atoms. The Bertz CT molecular complexity index is 463. The number of hydrogen-bond acceptors (Lipinski definition) is 3. The lowest BCUT2D eigenvalue weighted by molar-refractivity contribution is 0.0118. The number of nitrogens with one attached hydrogen (secondary N) is 1. The lowest BCUT2D eigenvalue weighted by Crippen LogP contribution is -2.41. The Morgan fingerprint density at radius 2 is 1.89 bits per heavy atom. The summed E-state index contributed by atoms with van der Waals surface area (Å²) in [7, 11) is 0. The highest BCUT2D eigenvalue weighted by atomic mass is 19.3. The minimum absolute atomic E-state index is 0.0825. The molecule has 0 fully saturated rings. The number of alkyl halides is 2. The van der Waals surface area contributed by atoms with Crippen LogP contribution in [-0.2, 0) is 0 Å². The molecule has 0 saturated carbocycles. The zero-order valence-corrected chi connectivity index (χ0v) is 9.45. The highest BCUT2D eigenvalue weighted by Gasteiger charge is 2.27. The molecule has 0 aliphatic heterocycles. The van der Waals surface area contributed by atoms with Gasteiger partial charge >= 0.3 is 0 Å². The van der Waals surface area contributed by atoms with Crippen LogP contribution in [-0.4, -0.2) is 30.8 Å². The number of benzene rings is 1. The largest absolute Gasteiger partial charge is 0.366 e. The van der Waals surface area contributed by atoms with Crippen LogP contribution in [0.5, 0.6) is 0 Å². The molecule has 0 atom stereocenters. The average molecular weight is 257 g/mol. The van der Waals surface area contributed by atoms with Gasteiger partial charge in [-0.15, -0.1) is 0 Å².